The molecule has 26 heavy (non-hydrogen) atoms. The maximum atomic E-state index is 13.0. The van der Waals surface area contributed by atoms with Crippen LogP contribution in [-0.4, -0.2) is 28.6 Å². The molecule has 0 aliphatic carbocycles. The zero-order chi connectivity index (χ0) is 20.1. The van der Waals surface area contributed by atoms with Crippen molar-refractivity contribution in [2.24, 2.45) is 0 Å². The molecular weight excluding hydrogens is 351 g/mol. The van der Waals surface area contributed by atoms with E-state index < -0.39 is 41.5 Å². The maximum absolute atomic E-state index is 13.0. The van der Waals surface area contributed by atoms with Gasteiger partial charge in [-0.1, -0.05) is 18.1 Å². The summed E-state index contributed by atoms with van der Waals surface area (Å²) in [7, 11) is 0. The summed E-state index contributed by atoms with van der Waals surface area (Å²) in [4.78, 5) is 22.5. The van der Waals surface area contributed by atoms with Crippen molar-refractivity contribution in [1.29, 1.82) is 0 Å². The number of halogens is 3. The number of hydrogen-bond acceptors (Lipinski definition) is 3. The van der Waals surface area contributed by atoms with Crippen LogP contribution < -0.4 is 5.32 Å². The largest absolute Gasteiger partial charge is 0.506 e. The van der Waals surface area contributed by atoms with E-state index in [1.54, 1.807) is 6.92 Å². The Morgan fingerprint density at radius 3 is 2.35 bits per heavy atom. The van der Waals surface area contributed by atoms with Crippen LogP contribution in [0.3, 0.4) is 0 Å². The first kappa shape index (κ1) is 20.8. The Hall–Kier alpha value is -3.21. The molecule has 0 unspecified atom stereocenters. The first-order chi connectivity index (χ1) is 12.0. The van der Waals surface area contributed by atoms with Gasteiger partial charge in [0.05, 0.1) is 5.56 Å². The Balaban J connectivity index is 3.54. The number of aliphatic hydroxyl groups is 1. The number of carboxylic acids is 1. The predicted molar refractivity (Wildman–Crippen MR) is 89.8 cm³/mol. The Bertz CT molecular complexity index is 830. The Kier molecular flexibility index (Phi) is 6.61. The zero-order valence-electron chi connectivity index (χ0n) is 13.9. The number of benzene rings is 1. The van der Waals surface area contributed by atoms with Crippen LogP contribution >= 0.6 is 0 Å². The van der Waals surface area contributed by atoms with Crippen molar-refractivity contribution >= 4 is 23.2 Å². The number of allylic oxidation sites excluding steroid dienone is 2. The topological polar surface area (TPSA) is 86.6 Å². The number of terminal acetylenes is 1. The highest BCUT2D eigenvalue weighted by molar-refractivity contribution is 6.05. The molecule has 138 valence electrons. The smallest absolute Gasteiger partial charge is 0.416 e. The van der Waals surface area contributed by atoms with E-state index in [-0.39, 0.29) is 11.1 Å². The van der Waals surface area contributed by atoms with Crippen LogP contribution in [0.15, 0.2) is 29.8 Å². The molecule has 0 aliphatic heterocycles. The molecule has 5 nitrogen and oxygen atoms in total. The van der Waals surface area contributed by atoms with Gasteiger partial charge in [0.15, 0.2) is 0 Å². The van der Waals surface area contributed by atoms with Crippen LogP contribution in [0.4, 0.5) is 13.2 Å². The lowest BCUT2D eigenvalue weighted by Gasteiger charge is -2.15. The van der Waals surface area contributed by atoms with Gasteiger partial charge in [-0.25, -0.2) is 0 Å². The van der Waals surface area contributed by atoms with Crippen LogP contribution in [0.1, 0.15) is 30.5 Å². The third kappa shape index (κ3) is 4.89. The van der Waals surface area contributed by atoms with Crippen LogP contribution in [0, 0.1) is 12.3 Å². The molecule has 1 amide bonds. The van der Waals surface area contributed by atoms with Crippen molar-refractivity contribution in [2.75, 3.05) is 6.54 Å². The quantitative estimate of drug-likeness (QED) is 0.424. The highest BCUT2D eigenvalue weighted by Gasteiger charge is 2.31. The second-order valence-electron chi connectivity index (χ2n) is 5.17. The summed E-state index contributed by atoms with van der Waals surface area (Å²) in [5.41, 5.74) is -1.13. The lowest BCUT2D eigenvalue weighted by molar-refractivity contribution is -0.138. The van der Waals surface area contributed by atoms with Crippen molar-refractivity contribution < 1.29 is 33.0 Å². The molecule has 1 aromatic rings. The van der Waals surface area contributed by atoms with Crippen LogP contribution in [0.5, 0.6) is 0 Å². The molecule has 0 spiro atoms. The van der Waals surface area contributed by atoms with E-state index in [0.717, 1.165) is 18.2 Å². The van der Waals surface area contributed by atoms with Gasteiger partial charge in [-0.3, -0.25) is 9.59 Å². The van der Waals surface area contributed by atoms with Crippen LogP contribution in [0.2, 0.25) is 0 Å². The zero-order valence-corrected chi connectivity index (χ0v) is 13.9. The number of aliphatic carboxylic acids is 1. The number of amides is 1. The molecule has 8 heteroatoms. The summed E-state index contributed by atoms with van der Waals surface area (Å²) in [5, 5.41) is 20.9. The third-order valence-electron chi connectivity index (χ3n) is 3.47. The second-order valence-corrected chi connectivity index (χ2v) is 5.17. The van der Waals surface area contributed by atoms with Gasteiger partial charge in [-0.15, -0.1) is 6.42 Å². The average Bonchev–Trinajstić information content (AvgIpc) is 2.58. The van der Waals surface area contributed by atoms with Gasteiger partial charge in [0.1, 0.15) is 17.9 Å². The van der Waals surface area contributed by atoms with Crippen LogP contribution in [0.25, 0.3) is 11.3 Å². The van der Waals surface area contributed by atoms with Gasteiger partial charge in [0.25, 0.3) is 5.91 Å². The van der Waals surface area contributed by atoms with E-state index in [4.69, 9.17) is 11.5 Å². The summed E-state index contributed by atoms with van der Waals surface area (Å²) < 4.78 is 38.9. The molecule has 0 radical (unpaired) electrons. The lowest BCUT2D eigenvalue weighted by Crippen LogP contribution is -2.30. The molecule has 0 saturated carbocycles. The van der Waals surface area contributed by atoms with E-state index in [0.29, 0.717) is 5.57 Å². The standard InChI is InChI=1S/C18H16F3NO4/c1-4-10(3)14-8-11(18(19,20)21)6-7-13(14)16(25)12(5-2)17(26)22-9-15(23)24/h2,4,6-8,25H,9H2,1,3H3,(H,22,26)(H,23,24)/b10-4-,16-12-. The van der Waals surface area contributed by atoms with Gasteiger partial charge < -0.3 is 15.5 Å². The molecule has 1 rings (SSSR count). The molecule has 1 aromatic carbocycles. The number of carbonyl (C=O) groups excluding carboxylic acids is 1. The Morgan fingerprint density at radius 2 is 1.88 bits per heavy atom. The van der Waals surface area contributed by atoms with E-state index in [9.17, 15) is 27.9 Å². The van der Waals surface area contributed by atoms with Gasteiger partial charge in [0.2, 0.25) is 0 Å². The molecular formula is C18H16F3NO4. The molecule has 0 aliphatic rings. The minimum Gasteiger partial charge on any atom is -0.506 e. The van der Waals surface area contributed by atoms with Gasteiger partial charge in [-0.2, -0.15) is 13.2 Å². The Labute approximate surface area is 147 Å². The minimum atomic E-state index is -4.59. The fraction of sp³-hybridized carbons (Fsp3) is 0.222. The SMILES string of the molecule is C#C/C(C(=O)NCC(=O)O)=C(/O)c1ccc(C(F)(F)F)cc1/C(C)=C\C. The van der Waals surface area contributed by atoms with Gasteiger partial charge in [0, 0.05) is 5.56 Å². The molecule has 3 N–H and O–H groups in total. The number of hydrogen-bond donors (Lipinski definition) is 3. The highest BCUT2D eigenvalue weighted by atomic mass is 19.4. The summed E-state index contributed by atoms with van der Waals surface area (Å²) in [6.07, 6.45) is 2.15. The van der Waals surface area contributed by atoms with E-state index in [1.807, 2.05) is 11.2 Å². The number of aliphatic hydroxyl groups excluding tert-OH is 1. The molecule has 0 bridgehead atoms. The summed E-state index contributed by atoms with van der Waals surface area (Å²) in [6, 6.07) is 2.59. The fourth-order valence-corrected chi connectivity index (χ4v) is 2.03. The number of rotatable bonds is 5. The molecule has 0 saturated heterocycles. The first-order valence-corrected chi connectivity index (χ1v) is 7.27. The number of alkyl halides is 3. The van der Waals surface area contributed by atoms with Crippen molar-refractivity contribution in [3.8, 4) is 12.3 Å². The lowest BCUT2D eigenvalue weighted by atomic mass is 9.94. The van der Waals surface area contributed by atoms with Gasteiger partial charge >= 0.3 is 12.1 Å². The average molecular weight is 367 g/mol. The number of carboxylic acid groups (broad SMARTS) is 1. The number of nitrogens with one attached hydrogen (secondary N) is 1. The van der Waals surface area contributed by atoms with E-state index >= 15 is 0 Å². The monoisotopic (exact) mass is 367 g/mol. The van der Waals surface area contributed by atoms with E-state index in [2.05, 4.69) is 0 Å². The molecule has 0 heterocycles. The highest BCUT2D eigenvalue weighted by Crippen LogP contribution is 2.34. The maximum Gasteiger partial charge on any atom is 0.416 e. The summed E-state index contributed by atoms with van der Waals surface area (Å²) in [5.74, 6) is -1.14. The molecule has 0 fully saturated rings. The summed E-state index contributed by atoms with van der Waals surface area (Å²) in [6.45, 7) is 2.40. The van der Waals surface area contributed by atoms with Crippen molar-refractivity contribution in [3.63, 3.8) is 0 Å². The second kappa shape index (κ2) is 8.25. The van der Waals surface area contributed by atoms with Crippen molar-refractivity contribution in [3.05, 3.63) is 46.5 Å². The van der Waals surface area contributed by atoms with Crippen LogP contribution in [-0.2, 0) is 15.8 Å². The minimum absolute atomic E-state index is 0.0404. The van der Waals surface area contributed by atoms with Crippen molar-refractivity contribution in [2.45, 2.75) is 20.0 Å². The normalized spacial score (nSPS) is 12.8. The predicted octanol–water partition coefficient (Wildman–Crippen LogP) is 3.23. The van der Waals surface area contributed by atoms with E-state index in [1.165, 1.54) is 13.0 Å². The molecule has 0 aromatic heterocycles. The molecule has 0 atom stereocenters. The number of carbonyl (C=O) groups is 2. The first-order valence-electron chi connectivity index (χ1n) is 7.27. The third-order valence-corrected chi connectivity index (χ3v) is 3.47. The fourth-order valence-electron chi connectivity index (χ4n) is 2.03. The van der Waals surface area contributed by atoms with Gasteiger partial charge in [-0.05, 0) is 37.1 Å². The summed E-state index contributed by atoms with van der Waals surface area (Å²) >= 11 is 0. The van der Waals surface area contributed by atoms with Crippen molar-refractivity contribution in [1.82, 2.24) is 5.32 Å². The Morgan fingerprint density at radius 1 is 1.27 bits per heavy atom.